The molecular weight excluding hydrogens is 272 g/mol. The highest BCUT2D eigenvalue weighted by Gasteiger charge is 2.09. The molecule has 0 saturated heterocycles. The number of carbonyl (C=O) groups is 1. The first-order valence-electron chi connectivity index (χ1n) is 4.30. The van der Waals surface area contributed by atoms with Crippen LogP contribution in [0.2, 0.25) is 5.02 Å². The van der Waals surface area contributed by atoms with E-state index in [0.29, 0.717) is 16.3 Å². The SMILES string of the molecule is CC(=NOC(=O)c1cccc(Cl)c1)C(Cl)Cl. The molecule has 86 valence electrons. The number of benzene rings is 1. The fourth-order valence-corrected chi connectivity index (χ4v) is 1.09. The average molecular weight is 281 g/mol. The molecule has 0 saturated carbocycles. The highest BCUT2D eigenvalue weighted by molar-refractivity contribution is 6.54. The van der Waals surface area contributed by atoms with E-state index in [0.717, 1.165) is 0 Å². The van der Waals surface area contributed by atoms with Gasteiger partial charge in [-0.3, -0.25) is 0 Å². The van der Waals surface area contributed by atoms with E-state index in [-0.39, 0.29) is 0 Å². The summed E-state index contributed by atoms with van der Waals surface area (Å²) in [5.41, 5.74) is 0.614. The van der Waals surface area contributed by atoms with Crippen molar-refractivity contribution in [1.82, 2.24) is 0 Å². The summed E-state index contributed by atoms with van der Waals surface area (Å²) in [5, 5.41) is 3.94. The van der Waals surface area contributed by atoms with Crippen LogP contribution in [0.4, 0.5) is 0 Å². The number of alkyl halides is 2. The Morgan fingerprint density at radius 3 is 2.69 bits per heavy atom. The molecule has 0 aliphatic heterocycles. The van der Waals surface area contributed by atoms with E-state index in [1.54, 1.807) is 25.1 Å². The Morgan fingerprint density at radius 2 is 2.12 bits per heavy atom. The maximum atomic E-state index is 11.4. The Bertz CT molecular complexity index is 418. The lowest BCUT2D eigenvalue weighted by atomic mass is 10.2. The minimum absolute atomic E-state index is 0.304. The van der Waals surface area contributed by atoms with Gasteiger partial charge in [0.2, 0.25) is 0 Å². The molecule has 0 bridgehead atoms. The van der Waals surface area contributed by atoms with Crippen LogP contribution in [0, 0.1) is 0 Å². The van der Waals surface area contributed by atoms with Gasteiger partial charge in [0.25, 0.3) is 0 Å². The molecule has 0 amide bonds. The standard InChI is InChI=1S/C10H8Cl3NO2/c1-6(9(12)13)14-16-10(15)7-3-2-4-8(11)5-7/h2-5,9H,1H3. The second-order valence-corrected chi connectivity index (χ2v) is 4.46. The minimum atomic E-state index is -0.799. The van der Waals surface area contributed by atoms with Crippen LogP contribution in [0.3, 0.4) is 0 Å². The first-order valence-corrected chi connectivity index (χ1v) is 5.55. The summed E-state index contributed by atoms with van der Waals surface area (Å²) in [5.74, 6) is -0.615. The summed E-state index contributed by atoms with van der Waals surface area (Å²) in [6.07, 6.45) is 0. The van der Waals surface area contributed by atoms with Crippen molar-refractivity contribution >= 4 is 46.5 Å². The predicted molar refractivity (Wildman–Crippen MR) is 65.5 cm³/mol. The lowest BCUT2D eigenvalue weighted by molar-refractivity contribution is 0.0515. The van der Waals surface area contributed by atoms with Gasteiger partial charge in [-0.05, 0) is 25.1 Å². The third-order valence-corrected chi connectivity index (χ3v) is 2.52. The number of oxime groups is 1. The van der Waals surface area contributed by atoms with E-state index in [4.69, 9.17) is 34.8 Å². The first kappa shape index (κ1) is 13.3. The van der Waals surface area contributed by atoms with Crippen LogP contribution in [-0.2, 0) is 4.84 Å². The summed E-state index contributed by atoms with van der Waals surface area (Å²) >= 11 is 16.7. The second kappa shape index (κ2) is 6.09. The van der Waals surface area contributed by atoms with Gasteiger partial charge in [0.15, 0.2) is 0 Å². The van der Waals surface area contributed by atoms with E-state index in [2.05, 4.69) is 9.99 Å². The van der Waals surface area contributed by atoms with Crippen molar-refractivity contribution < 1.29 is 9.63 Å². The molecule has 1 aromatic carbocycles. The van der Waals surface area contributed by atoms with Gasteiger partial charge in [-0.1, -0.05) is 46.0 Å². The molecular formula is C10H8Cl3NO2. The molecule has 0 aliphatic rings. The van der Waals surface area contributed by atoms with Gasteiger partial charge in [0, 0.05) is 5.02 Å². The fraction of sp³-hybridized carbons (Fsp3) is 0.200. The Balaban J connectivity index is 2.70. The molecule has 0 heterocycles. The Labute approximate surface area is 108 Å². The average Bonchev–Trinajstić information content (AvgIpc) is 2.25. The largest absolute Gasteiger partial charge is 0.365 e. The summed E-state index contributed by atoms with van der Waals surface area (Å²) in [4.78, 5) is 15.3. The van der Waals surface area contributed by atoms with Crippen molar-refractivity contribution in [3.8, 4) is 0 Å². The van der Waals surface area contributed by atoms with Crippen LogP contribution < -0.4 is 0 Å². The number of rotatable bonds is 3. The van der Waals surface area contributed by atoms with Crippen LogP contribution in [-0.4, -0.2) is 16.5 Å². The lowest BCUT2D eigenvalue weighted by Gasteiger charge is -2.01. The van der Waals surface area contributed by atoms with Crippen LogP contribution in [0.15, 0.2) is 29.4 Å². The van der Waals surface area contributed by atoms with Crippen molar-refractivity contribution in [3.05, 3.63) is 34.9 Å². The molecule has 0 aliphatic carbocycles. The Morgan fingerprint density at radius 1 is 1.44 bits per heavy atom. The number of nitrogens with zero attached hydrogens (tertiary/aromatic N) is 1. The molecule has 0 atom stereocenters. The lowest BCUT2D eigenvalue weighted by Crippen LogP contribution is -2.07. The maximum absolute atomic E-state index is 11.4. The van der Waals surface area contributed by atoms with Crippen molar-refractivity contribution in [2.24, 2.45) is 5.16 Å². The number of carbonyl (C=O) groups excluding carboxylic acids is 1. The molecule has 0 radical (unpaired) electrons. The molecule has 0 aromatic heterocycles. The molecule has 0 spiro atoms. The van der Waals surface area contributed by atoms with Gasteiger partial charge >= 0.3 is 5.97 Å². The zero-order valence-electron chi connectivity index (χ0n) is 8.28. The molecule has 1 aromatic rings. The third-order valence-electron chi connectivity index (χ3n) is 1.65. The topological polar surface area (TPSA) is 38.7 Å². The van der Waals surface area contributed by atoms with E-state index >= 15 is 0 Å². The van der Waals surface area contributed by atoms with E-state index in [9.17, 15) is 4.79 Å². The highest BCUT2D eigenvalue weighted by Crippen LogP contribution is 2.12. The predicted octanol–water partition coefficient (Wildman–Crippen LogP) is 3.68. The normalized spacial score (nSPS) is 11.7. The summed E-state index contributed by atoms with van der Waals surface area (Å²) in [6, 6.07) is 6.34. The number of hydrogen-bond donors (Lipinski definition) is 0. The fourth-order valence-electron chi connectivity index (χ4n) is 0.821. The zero-order valence-corrected chi connectivity index (χ0v) is 10.6. The molecule has 0 fully saturated rings. The van der Waals surface area contributed by atoms with Crippen LogP contribution in [0.25, 0.3) is 0 Å². The van der Waals surface area contributed by atoms with Gasteiger partial charge in [0.1, 0.15) is 4.84 Å². The second-order valence-electron chi connectivity index (χ2n) is 2.92. The van der Waals surface area contributed by atoms with Crippen LogP contribution in [0.5, 0.6) is 0 Å². The molecule has 6 heteroatoms. The Hall–Kier alpha value is -0.770. The summed E-state index contributed by atoms with van der Waals surface area (Å²) in [7, 11) is 0. The quantitative estimate of drug-likeness (QED) is 0.367. The minimum Gasteiger partial charge on any atom is -0.313 e. The van der Waals surface area contributed by atoms with E-state index < -0.39 is 10.8 Å². The maximum Gasteiger partial charge on any atom is 0.365 e. The Kier molecular flexibility index (Phi) is 5.06. The summed E-state index contributed by atoms with van der Waals surface area (Å²) in [6.45, 7) is 1.55. The van der Waals surface area contributed by atoms with Crippen molar-refractivity contribution in [1.29, 1.82) is 0 Å². The monoisotopic (exact) mass is 279 g/mol. The smallest absolute Gasteiger partial charge is 0.313 e. The number of hydrogen-bond acceptors (Lipinski definition) is 3. The van der Waals surface area contributed by atoms with Crippen molar-refractivity contribution in [2.45, 2.75) is 11.8 Å². The van der Waals surface area contributed by atoms with E-state index in [1.807, 2.05) is 0 Å². The molecule has 0 N–H and O–H groups in total. The molecule has 16 heavy (non-hydrogen) atoms. The van der Waals surface area contributed by atoms with Gasteiger partial charge in [-0.25, -0.2) is 4.79 Å². The van der Waals surface area contributed by atoms with Gasteiger partial charge in [0.05, 0.1) is 11.3 Å². The first-order chi connectivity index (χ1) is 7.50. The van der Waals surface area contributed by atoms with Gasteiger partial charge < -0.3 is 4.84 Å². The van der Waals surface area contributed by atoms with E-state index in [1.165, 1.54) is 6.07 Å². The van der Waals surface area contributed by atoms with Crippen LogP contribution in [0.1, 0.15) is 17.3 Å². The molecule has 1 rings (SSSR count). The van der Waals surface area contributed by atoms with Crippen molar-refractivity contribution in [3.63, 3.8) is 0 Å². The van der Waals surface area contributed by atoms with Gasteiger partial charge in [-0.15, -0.1) is 0 Å². The number of halogens is 3. The molecule has 0 unspecified atom stereocenters. The summed E-state index contributed by atoms with van der Waals surface area (Å²) < 4.78 is 0. The highest BCUT2D eigenvalue weighted by atomic mass is 35.5. The van der Waals surface area contributed by atoms with Crippen molar-refractivity contribution in [2.75, 3.05) is 0 Å². The zero-order chi connectivity index (χ0) is 12.1. The van der Waals surface area contributed by atoms with Crippen LogP contribution >= 0.6 is 34.8 Å². The molecule has 3 nitrogen and oxygen atoms in total. The third kappa shape index (κ3) is 4.00. The van der Waals surface area contributed by atoms with Gasteiger partial charge in [-0.2, -0.15) is 0 Å².